The lowest BCUT2D eigenvalue weighted by atomic mass is 10.2. The van der Waals surface area contributed by atoms with Crippen LogP contribution < -0.4 is 16.0 Å². The van der Waals surface area contributed by atoms with E-state index in [9.17, 15) is 14.4 Å². The number of carbonyl (C=O) groups is 3. The van der Waals surface area contributed by atoms with Crippen molar-refractivity contribution in [1.82, 2.24) is 10.3 Å². The number of hydrogen-bond acceptors (Lipinski definition) is 4. The molecule has 1 fully saturated rings. The van der Waals surface area contributed by atoms with Gasteiger partial charge in [0.05, 0.1) is 5.56 Å². The summed E-state index contributed by atoms with van der Waals surface area (Å²) < 4.78 is 0. The first kappa shape index (κ1) is 12.8. The van der Waals surface area contributed by atoms with E-state index < -0.39 is 18.0 Å². The first-order valence-electron chi connectivity index (χ1n) is 5.55. The molecule has 0 unspecified atom stereocenters. The van der Waals surface area contributed by atoms with Crippen LogP contribution in [0.5, 0.6) is 0 Å². The van der Waals surface area contributed by atoms with E-state index in [0.29, 0.717) is 18.8 Å². The number of pyridine rings is 1. The number of rotatable bonds is 3. The second kappa shape index (κ2) is 4.92. The quantitative estimate of drug-likeness (QED) is 0.682. The summed E-state index contributed by atoms with van der Waals surface area (Å²) in [6.07, 6.45) is 0.421. The van der Waals surface area contributed by atoms with E-state index in [1.807, 2.05) is 0 Å². The van der Waals surface area contributed by atoms with Gasteiger partial charge in [0.2, 0.25) is 5.91 Å². The maximum absolute atomic E-state index is 11.9. The molecule has 0 bridgehead atoms. The molecule has 8 nitrogen and oxygen atoms in total. The molecular formula is C11H12N4O4. The Labute approximate surface area is 108 Å². The molecule has 0 radical (unpaired) electrons. The smallest absolute Gasteiger partial charge is 0.405 e. The van der Waals surface area contributed by atoms with Crippen molar-refractivity contribution in [3.63, 3.8) is 0 Å². The summed E-state index contributed by atoms with van der Waals surface area (Å²) >= 11 is 0. The van der Waals surface area contributed by atoms with Crippen LogP contribution in [0.15, 0.2) is 18.3 Å². The van der Waals surface area contributed by atoms with Crippen LogP contribution in [0.25, 0.3) is 0 Å². The number of anilines is 1. The highest BCUT2D eigenvalue weighted by molar-refractivity contribution is 6.00. The maximum atomic E-state index is 11.9. The molecule has 2 rings (SSSR count). The number of hydrogen-bond donors (Lipinski definition) is 3. The van der Waals surface area contributed by atoms with Gasteiger partial charge in [-0.3, -0.25) is 14.5 Å². The highest BCUT2D eigenvalue weighted by Gasteiger charge is 2.34. The van der Waals surface area contributed by atoms with Crippen molar-refractivity contribution in [2.45, 2.75) is 12.5 Å². The first-order chi connectivity index (χ1) is 8.99. The third kappa shape index (κ3) is 2.62. The normalized spacial score (nSPS) is 18.4. The van der Waals surface area contributed by atoms with E-state index in [1.165, 1.54) is 23.2 Å². The zero-order valence-corrected chi connectivity index (χ0v) is 9.87. The van der Waals surface area contributed by atoms with Gasteiger partial charge in [-0.1, -0.05) is 0 Å². The van der Waals surface area contributed by atoms with Crippen LogP contribution in [0.1, 0.15) is 16.8 Å². The number of nitrogens with one attached hydrogen (secondary N) is 1. The number of primary amides is 1. The van der Waals surface area contributed by atoms with Crippen molar-refractivity contribution in [2.24, 2.45) is 5.73 Å². The van der Waals surface area contributed by atoms with E-state index >= 15 is 0 Å². The summed E-state index contributed by atoms with van der Waals surface area (Å²) in [6, 6.07) is 2.21. The zero-order chi connectivity index (χ0) is 14.0. The molecule has 8 heteroatoms. The number of nitrogens with two attached hydrogens (primary N) is 1. The minimum atomic E-state index is -1.24. The van der Waals surface area contributed by atoms with Crippen molar-refractivity contribution in [2.75, 3.05) is 11.4 Å². The summed E-state index contributed by atoms with van der Waals surface area (Å²) in [7, 11) is 0. The van der Waals surface area contributed by atoms with Gasteiger partial charge in [-0.2, -0.15) is 0 Å². The van der Waals surface area contributed by atoms with Crippen LogP contribution in [-0.2, 0) is 4.79 Å². The first-order valence-corrected chi connectivity index (χ1v) is 5.55. The Hall–Kier alpha value is -2.64. The molecule has 0 saturated carbocycles. The summed E-state index contributed by atoms with van der Waals surface area (Å²) in [5.41, 5.74) is 5.33. The molecular weight excluding hydrogens is 252 g/mol. The zero-order valence-electron chi connectivity index (χ0n) is 9.87. The van der Waals surface area contributed by atoms with Crippen molar-refractivity contribution in [3.05, 3.63) is 23.9 Å². The minimum Gasteiger partial charge on any atom is -0.465 e. The lowest BCUT2D eigenvalue weighted by molar-refractivity contribution is -0.118. The summed E-state index contributed by atoms with van der Waals surface area (Å²) in [5.74, 6) is -0.594. The van der Waals surface area contributed by atoms with Gasteiger partial charge in [0.15, 0.2) is 0 Å². The molecule has 0 aromatic carbocycles. The highest BCUT2D eigenvalue weighted by atomic mass is 16.4. The molecule has 4 N–H and O–H groups in total. The molecule has 2 heterocycles. The van der Waals surface area contributed by atoms with Crippen LogP contribution in [0, 0.1) is 0 Å². The molecule has 1 aliphatic rings. The van der Waals surface area contributed by atoms with Gasteiger partial charge >= 0.3 is 6.09 Å². The molecule has 0 aliphatic carbocycles. The van der Waals surface area contributed by atoms with Crippen LogP contribution in [0.4, 0.5) is 10.6 Å². The van der Waals surface area contributed by atoms with E-state index in [4.69, 9.17) is 10.8 Å². The Bertz CT molecular complexity index is 528. The standard InChI is InChI=1S/C11H12N4O4/c12-9(16)6-1-2-8(13-5-6)15-4-3-7(10(15)17)14-11(18)19/h1-2,5,7,14H,3-4H2,(H2,12,16)(H,18,19)/t7-/m0/s1. The molecule has 1 aromatic rings. The molecule has 1 atom stereocenters. The molecule has 100 valence electrons. The second-order valence-corrected chi connectivity index (χ2v) is 4.05. The second-order valence-electron chi connectivity index (χ2n) is 4.05. The Balaban J connectivity index is 2.13. The van der Waals surface area contributed by atoms with Gasteiger partial charge in [-0.05, 0) is 18.6 Å². The Morgan fingerprint density at radius 1 is 1.47 bits per heavy atom. The van der Waals surface area contributed by atoms with Gasteiger partial charge in [0.25, 0.3) is 5.91 Å². The number of aromatic nitrogens is 1. The molecule has 1 saturated heterocycles. The number of carbonyl (C=O) groups excluding carboxylic acids is 2. The van der Waals surface area contributed by atoms with Gasteiger partial charge in [0, 0.05) is 12.7 Å². The van der Waals surface area contributed by atoms with Crippen LogP contribution in [0.2, 0.25) is 0 Å². The number of nitrogens with zero attached hydrogens (tertiary/aromatic N) is 2. The average Bonchev–Trinajstić information content (AvgIpc) is 2.70. The van der Waals surface area contributed by atoms with Crippen molar-refractivity contribution in [1.29, 1.82) is 0 Å². The van der Waals surface area contributed by atoms with Gasteiger partial charge in [-0.15, -0.1) is 0 Å². The third-order valence-corrected chi connectivity index (χ3v) is 2.81. The number of carboxylic acid groups (broad SMARTS) is 1. The predicted octanol–water partition coefficient (Wildman–Crippen LogP) is -0.447. The fraction of sp³-hybridized carbons (Fsp3) is 0.273. The predicted molar refractivity (Wildman–Crippen MR) is 64.7 cm³/mol. The largest absolute Gasteiger partial charge is 0.465 e. The van der Waals surface area contributed by atoms with E-state index in [0.717, 1.165) is 0 Å². The fourth-order valence-corrected chi connectivity index (χ4v) is 1.88. The van der Waals surface area contributed by atoms with Gasteiger partial charge in [0.1, 0.15) is 11.9 Å². The Morgan fingerprint density at radius 3 is 2.74 bits per heavy atom. The topological polar surface area (TPSA) is 126 Å². The van der Waals surface area contributed by atoms with Crippen molar-refractivity contribution >= 4 is 23.7 Å². The maximum Gasteiger partial charge on any atom is 0.405 e. The summed E-state index contributed by atoms with van der Waals surface area (Å²) in [4.78, 5) is 38.7. The van der Waals surface area contributed by atoms with Crippen molar-refractivity contribution in [3.8, 4) is 0 Å². The van der Waals surface area contributed by atoms with E-state index in [2.05, 4.69) is 10.3 Å². The average molecular weight is 264 g/mol. The Morgan fingerprint density at radius 2 is 2.21 bits per heavy atom. The van der Waals surface area contributed by atoms with Crippen molar-refractivity contribution < 1.29 is 19.5 Å². The van der Waals surface area contributed by atoms with Crippen LogP contribution in [-0.4, -0.2) is 40.6 Å². The molecule has 19 heavy (non-hydrogen) atoms. The molecule has 0 spiro atoms. The fourth-order valence-electron chi connectivity index (χ4n) is 1.88. The highest BCUT2D eigenvalue weighted by Crippen LogP contribution is 2.19. The summed E-state index contributed by atoms with van der Waals surface area (Å²) in [5, 5.41) is 10.7. The molecule has 3 amide bonds. The van der Waals surface area contributed by atoms with Crippen LogP contribution >= 0.6 is 0 Å². The number of amides is 3. The SMILES string of the molecule is NC(=O)c1ccc(N2CC[C@H](NC(=O)O)C2=O)nc1. The Kier molecular flexibility index (Phi) is 3.32. The van der Waals surface area contributed by atoms with Gasteiger partial charge in [-0.25, -0.2) is 9.78 Å². The monoisotopic (exact) mass is 264 g/mol. The van der Waals surface area contributed by atoms with Gasteiger partial charge < -0.3 is 16.2 Å². The lowest BCUT2D eigenvalue weighted by Crippen LogP contribution is -2.41. The van der Waals surface area contributed by atoms with E-state index in [-0.39, 0.29) is 11.5 Å². The molecule has 1 aliphatic heterocycles. The summed E-state index contributed by atoms with van der Waals surface area (Å²) in [6.45, 7) is 0.368. The third-order valence-electron chi connectivity index (χ3n) is 2.81. The lowest BCUT2D eigenvalue weighted by Gasteiger charge is -2.15. The van der Waals surface area contributed by atoms with E-state index in [1.54, 1.807) is 0 Å². The van der Waals surface area contributed by atoms with Crippen LogP contribution in [0.3, 0.4) is 0 Å². The molecule has 1 aromatic heterocycles. The minimum absolute atomic E-state index is 0.246.